The summed E-state index contributed by atoms with van der Waals surface area (Å²) in [7, 11) is -4.20. The van der Waals surface area contributed by atoms with Gasteiger partial charge in [0, 0.05) is 11.8 Å². The van der Waals surface area contributed by atoms with E-state index in [1.165, 1.54) is 0 Å². The van der Waals surface area contributed by atoms with Crippen LogP contribution in [0.25, 0.3) is 0 Å². The van der Waals surface area contributed by atoms with Gasteiger partial charge in [0.2, 0.25) is 0 Å². The van der Waals surface area contributed by atoms with Gasteiger partial charge in [0.05, 0.1) is 0 Å². The second kappa shape index (κ2) is 9.17. The van der Waals surface area contributed by atoms with Gasteiger partial charge in [-0.15, -0.1) is 0 Å². The lowest BCUT2D eigenvalue weighted by atomic mass is 9.70. The Labute approximate surface area is 174 Å². The van der Waals surface area contributed by atoms with Crippen molar-refractivity contribution in [3.05, 3.63) is 0 Å². The molecule has 0 spiro atoms. The molecular weight excluding hydrogens is 396 g/mol. The van der Waals surface area contributed by atoms with Crippen molar-refractivity contribution in [3.8, 4) is 0 Å². The standard InChI is InChI=1S/C11H23OS.C10H16O4S/c1-6-7-11(12)8-13(9(2)3)10(4)5;1-9(2)6-4-5-10(9,3)8(11)7(6)15(12,13)14/h9-10H,6-8H2,1-5H3;6-7H,4-5H2,1-3H3,(H,12,13,14)/q+1;/p-1. The zero-order valence-corrected chi connectivity index (χ0v) is 20.3. The fraction of sp³-hybridized carbons (Fsp3) is 0.905. The molecule has 0 radical (unpaired) electrons. The molecule has 0 saturated heterocycles. The van der Waals surface area contributed by atoms with Crippen LogP contribution in [-0.2, 0) is 30.6 Å². The average molecular weight is 435 g/mol. The van der Waals surface area contributed by atoms with Gasteiger partial charge in [-0.3, -0.25) is 9.59 Å². The second-order valence-corrected chi connectivity index (χ2v) is 14.1. The fourth-order valence-corrected chi connectivity index (χ4v) is 8.42. The summed E-state index contributed by atoms with van der Waals surface area (Å²) in [5, 5.41) is 0.00728. The largest absolute Gasteiger partial charge is 0.747 e. The van der Waals surface area contributed by atoms with E-state index in [0.717, 1.165) is 18.6 Å². The molecule has 0 N–H and O–H groups in total. The summed E-state index contributed by atoms with van der Waals surface area (Å²) in [5.74, 6) is 0.605. The zero-order chi connectivity index (χ0) is 22.1. The van der Waals surface area contributed by atoms with Crippen molar-refractivity contribution in [1.29, 1.82) is 0 Å². The van der Waals surface area contributed by atoms with Crippen LogP contribution in [0.4, 0.5) is 0 Å². The Balaban J connectivity index is 0.000000284. The molecule has 2 aliphatic carbocycles. The number of rotatable bonds is 7. The molecular formula is C21H38O5S2. The van der Waals surface area contributed by atoms with E-state index in [1.807, 2.05) is 13.8 Å². The van der Waals surface area contributed by atoms with E-state index in [1.54, 1.807) is 6.92 Å². The molecule has 0 aliphatic heterocycles. The van der Waals surface area contributed by atoms with Crippen LogP contribution < -0.4 is 0 Å². The van der Waals surface area contributed by atoms with E-state index in [-0.39, 0.29) is 17.1 Å². The van der Waals surface area contributed by atoms with Crippen LogP contribution in [0.5, 0.6) is 0 Å². The molecule has 0 amide bonds. The number of hydrogen-bond donors (Lipinski definition) is 0. The second-order valence-electron chi connectivity index (χ2n) is 9.48. The minimum absolute atomic E-state index is 0.291. The molecule has 2 bridgehead atoms. The maximum atomic E-state index is 12.0. The molecule has 2 fully saturated rings. The van der Waals surface area contributed by atoms with Crippen molar-refractivity contribution in [2.45, 2.75) is 96.8 Å². The monoisotopic (exact) mass is 434 g/mol. The molecule has 3 atom stereocenters. The normalized spacial score (nSPS) is 28.8. The maximum Gasteiger partial charge on any atom is 0.181 e. The Morgan fingerprint density at radius 3 is 1.96 bits per heavy atom. The average Bonchev–Trinajstić information content (AvgIpc) is 2.84. The van der Waals surface area contributed by atoms with Crippen molar-refractivity contribution < 1.29 is 22.6 Å². The van der Waals surface area contributed by atoms with Gasteiger partial charge in [0.15, 0.2) is 17.3 Å². The van der Waals surface area contributed by atoms with Gasteiger partial charge in [-0.25, -0.2) is 8.42 Å². The highest BCUT2D eigenvalue weighted by Gasteiger charge is 2.67. The summed E-state index contributed by atoms with van der Waals surface area (Å²) in [5.41, 5.74) is -0.994. The van der Waals surface area contributed by atoms with Gasteiger partial charge in [0.25, 0.3) is 0 Å². The highest BCUT2D eigenvalue weighted by molar-refractivity contribution is 7.98. The van der Waals surface area contributed by atoms with E-state index in [9.17, 15) is 22.6 Å². The summed E-state index contributed by atoms with van der Waals surface area (Å²) in [6.07, 6.45) is 3.13. The molecule has 2 rings (SSSR count). The molecule has 2 aliphatic rings. The van der Waals surface area contributed by atoms with Crippen molar-refractivity contribution in [3.63, 3.8) is 0 Å². The Bertz CT molecular complexity index is 673. The van der Waals surface area contributed by atoms with E-state index < -0.39 is 20.8 Å². The third kappa shape index (κ3) is 5.01. The number of hydrogen-bond acceptors (Lipinski definition) is 5. The van der Waals surface area contributed by atoms with Gasteiger partial charge in [0.1, 0.15) is 25.9 Å². The molecule has 0 aromatic carbocycles. The van der Waals surface area contributed by atoms with E-state index >= 15 is 0 Å². The zero-order valence-electron chi connectivity index (χ0n) is 18.7. The highest BCUT2D eigenvalue weighted by atomic mass is 32.2. The third-order valence-corrected chi connectivity index (χ3v) is 11.1. The van der Waals surface area contributed by atoms with Crippen LogP contribution in [0.2, 0.25) is 0 Å². The SMILES string of the molecule is CC12CCC(C(S(=O)(=O)[O-])C1=O)C2(C)C.CCCC(=O)C[S+](C(C)C)C(C)C. The Kier molecular flexibility index (Phi) is 8.40. The van der Waals surface area contributed by atoms with Crippen LogP contribution in [0.15, 0.2) is 0 Å². The van der Waals surface area contributed by atoms with Gasteiger partial charge < -0.3 is 4.55 Å². The first-order valence-electron chi connectivity index (χ1n) is 10.3. The van der Waals surface area contributed by atoms with Crippen LogP contribution in [0.1, 0.15) is 81.1 Å². The Morgan fingerprint density at radius 1 is 1.18 bits per heavy atom. The lowest BCUT2D eigenvalue weighted by molar-refractivity contribution is -0.128. The van der Waals surface area contributed by atoms with Gasteiger partial charge in [-0.2, -0.15) is 0 Å². The summed E-state index contributed by atoms with van der Waals surface area (Å²) in [6, 6.07) is 0. The lowest BCUT2D eigenvalue weighted by Gasteiger charge is -2.32. The van der Waals surface area contributed by atoms with Crippen molar-refractivity contribution in [2.75, 3.05) is 5.75 Å². The van der Waals surface area contributed by atoms with Gasteiger partial charge in [-0.05, 0) is 69.2 Å². The van der Waals surface area contributed by atoms with Crippen LogP contribution >= 0.6 is 0 Å². The Hall–Kier alpha value is -0.400. The number of Topliss-reactive ketones (excluding diaryl/α,β-unsaturated/α-hetero) is 2. The van der Waals surface area contributed by atoms with Gasteiger partial charge in [-0.1, -0.05) is 27.7 Å². The molecule has 28 heavy (non-hydrogen) atoms. The molecule has 2 saturated carbocycles. The molecule has 5 nitrogen and oxygen atoms in total. The van der Waals surface area contributed by atoms with Gasteiger partial charge >= 0.3 is 0 Å². The lowest BCUT2D eigenvalue weighted by Crippen LogP contribution is -2.38. The van der Waals surface area contributed by atoms with E-state index in [0.29, 0.717) is 40.0 Å². The smallest absolute Gasteiger partial charge is 0.181 e. The fourth-order valence-electron chi connectivity index (χ4n) is 4.75. The Morgan fingerprint density at radius 2 is 1.68 bits per heavy atom. The maximum absolute atomic E-state index is 12.0. The van der Waals surface area contributed by atoms with E-state index in [4.69, 9.17) is 0 Å². The van der Waals surface area contributed by atoms with Crippen LogP contribution in [0.3, 0.4) is 0 Å². The van der Waals surface area contributed by atoms with Crippen molar-refractivity contribution in [2.24, 2.45) is 16.7 Å². The molecule has 164 valence electrons. The van der Waals surface area contributed by atoms with Crippen LogP contribution in [-0.4, -0.2) is 46.0 Å². The summed E-state index contributed by atoms with van der Waals surface area (Å²) >= 11 is 0. The van der Waals surface area contributed by atoms with Crippen molar-refractivity contribution >= 4 is 32.6 Å². The highest BCUT2D eigenvalue weighted by Crippen LogP contribution is 2.64. The first-order chi connectivity index (χ1) is 12.6. The molecule has 3 unspecified atom stereocenters. The predicted octanol–water partition coefficient (Wildman–Crippen LogP) is 3.72. The number of carbonyl (C=O) groups is 2. The first-order valence-corrected chi connectivity index (χ1v) is 13.3. The number of carbonyl (C=O) groups excluding carboxylic acids is 2. The summed E-state index contributed by atoms with van der Waals surface area (Å²) in [4.78, 5) is 23.4. The topological polar surface area (TPSA) is 91.3 Å². The van der Waals surface area contributed by atoms with E-state index in [2.05, 4.69) is 34.6 Å². The summed E-state index contributed by atoms with van der Waals surface area (Å²) in [6.45, 7) is 16.6. The molecule has 0 aromatic rings. The summed E-state index contributed by atoms with van der Waals surface area (Å²) < 4.78 is 33.3. The molecule has 7 heteroatoms. The molecule has 0 aromatic heterocycles. The minimum atomic E-state index is -4.49. The quantitative estimate of drug-likeness (QED) is 0.450. The predicted molar refractivity (Wildman–Crippen MR) is 116 cm³/mol. The minimum Gasteiger partial charge on any atom is -0.747 e. The first kappa shape index (κ1) is 25.6. The number of ketones is 2. The van der Waals surface area contributed by atoms with Crippen molar-refractivity contribution in [1.82, 2.24) is 0 Å². The third-order valence-electron chi connectivity index (χ3n) is 6.85. The molecule has 0 heterocycles. The number of fused-ring (bicyclic) bond motifs is 2. The van der Waals surface area contributed by atoms with Crippen LogP contribution in [0, 0.1) is 16.7 Å².